The van der Waals surface area contributed by atoms with E-state index in [1.54, 1.807) is 0 Å². The van der Waals surface area contributed by atoms with Gasteiger partial charge >= 0.3 is 11.3 Å². The van der Waals surface area contributed by atoms with Crippen molar-refractivity contribution in [2.75, 3.05) is 5.32 Å². The maximum atomic E-state index is 13.6. The van der Waals surface area contributed by atoms with Crippen LogP contribution in [-0.2, 0) is 16.6 Å². The summed E-state index contributed by atoms with van der Waals surface area (Å²) in [5.41, 5.74) is 6.51. The van der Waals surface area contributed by atoms with Crippen LogP contribution in [0.25, 0.3) is 11.3 Å². The molecule has 3 aromatic carbocycles. The number of phenolic OH excluding ortho intramolecular Hbond substituents is 1. The standard InChI is InChI=1S/C32H36N4O2S/c1-19-12-14-20(15-13-19)18-39-30-34-29(38)26-22-10-8-9-11-25(22)33-28(36(26)35-30)21-16-23(31(2,3)4)27(37)24(17-21)32(5,6)7/h8-17,28H,18H2,1-7H3,(H2,34,35,37,38)/p+1/t28-/m1/s1. The third kappa shape index (κ3) is 5.33. The number of nitrogens with zero attached hydrogens (tertiary/aromatic N) is 2. The topological polar surface area (TPSA) is 81.9 Å². The monoisotopic (exact) mass is 541 g/mol. The number of hydrogen-bond acceptors (Lipinski definition) is 5. The fraction of sp³-hybridized carbons (Fsp3) is 0.344. The van der Waals surface area contributed by atoms with Crippen LogP contribution >= 0.6 is 11.8 Å². The third-order valence-electron chi connectivity index (χ3n) is 7.14. The van der Waals surface area contributed by atoms with Gasteiger partial charge in [0, 0.05) is 27.5 Å². The smallest absolute Gasteiger partial charge is 0.325 e. The molecule has 0 aliphatic carbocycles. The summed E-state index contributed by atoms with van der Waals surface area (Å²) in [6.07, 6.45) is -0.432. The first-order valence-corrected chi connectivity index (χ1v) is 14.3. The molecule has 0 saturated carbocycles. The number of fused-ring (bicyclic) bond motifs is 3. The Bertz CT molecular complexity index is 1560. The van der Waals surface area contributed by atoms with Gasteiger partial charge in [0.2, 0.25) is 5.16 Å². The van der Waals surface area contributed by atoms with Crippen molar-refractivity contribution in [3.05, 3.63) is 98.8 Å². The number of phenols is 1. The zero-order valence-corrected chi connectivity index (χ0v) is 24.5. The molecule has 0 amide bonds. The first kappa shape index (κ1) is 27.0. The van der Waals surface area contributed by atoms with Crippen LogP contribution in [0.4, 0.5) is 5.69 Å². The molecule has 1 aromatic heterocycles. The average molecular weight is 542 g/mol. The van der Waals surface area contributed by atoms with Gasteiger partial charge in [0.1, 0.15) is 5.75 Å². The molecule has 2 heterocycles. The summed E-state index contributed by atoms with van der Waals surface area (Å²) in [6, 6.07) is 20.3. The SMILES string of the molecule is Cc1ccc(CSc2n[n+]3c(c(=O)[nH]2)-c2ccccc2N[C@H]3c2cc(C(C)(C)C)c(O)c(C(C)(C)C)c2)cc1. The Labute approximate surface area is 234 Å². The van der Waals surface area contributed by atoms with Crippen LogP contribution in [-0.4, -0.2) is 15.2 Å². The summed E-state index contributed by atoms with van der Waals surface area (Å²) in [4.78, 5) is 16.6. The molecular weight excluding hydrogens is 504 g/mol. The minimum absolute atomic E-state index is 0.179. The van der Waals surface area contributed by atoms with E-state index in [2.05, 4.69) is 95.2 Å². The van der Waals surface area contributed by atoms with Gasteiger partial charge in [-0.2, -0.15) is 0 Å². The van der Waals surface area contributed by atoms with Crippen LogP contribution < -0.4 is 15.6 Å². The van der Waals surface area contributed by atoms with Crippen molar-refractivity contribution in [2.45, 2.75) is 76.4 Å². The molecule has 4 aromatic rings. The van der Waals surface area contributed by atoms with E-state index in [0.717, 1.165) is 27.9 Å². The van der Waals surface area contributed by atoms with E-state index in [9.17, 15) is 9.90 Å². The lowest BCUT2D eigenvalue weighted by Gasteiger charge is -2.30. The lowest BCUT2D eigenvalue weighted by molar-refractivity contribution is -0.759. The lowest BCUT2D eigenvalue weighted by Crippen LogP contribution is -2.55. The second kappa shape index (κ2) is 9.87. The second-order valence-corrected chi connectivity index (χ2v) is 13.3. The molecule has 5 rings (SSSR count). The summed E-state index contributed by atoms with van der Waals surface area (Å²) < 4.78 is 1.81. The number of rotatable bonds is 4. The van der Waals surface area contributed by atoms with Crippen molar-refractivity contribution in [3.8, 4) is 17.0 Å². The van der Waals surface area contributed by atoms with Crippen LogP contribution in [0.5, 0.6) is 5.75 Å². The molecule has 202 valence electrons. The number of anilines is 1. The number of aryl methyl sites for hydroxylation is 1. The Hall–Kier alpha value is -3.58. The molecule has 0 saturated heterocycles. The van der Waals surface area contributed by atoms with E-state index in [0.29, 0.717) is 22.4 Å². The number of hydrogen-bond donors (Lipinski definition) is 3. The Kier molecular flexibility index (Phi) is 6.83. The van der Waals surface area contributed by atoms with Crippen molar-refractivity contribution >= 4 is 17.4 Å². The fourth-order valence-electron chi connectivity index (χ4n) is 4.97. The van der Waals surface area contributed by atoms with Gasteiger partial charge in [0.05, 0.1) is 11.3 Å². The van der Waals surface area contributed by atoms with Crippen molar-refractivity contribution in [1.29, 1.82) is 0 Å². The van der Waals surface area contributed by atoms with Gasteiger partial charge in [-0.05, 0) is 52.3 Å². The van der Waals surface area contributed by atoms with E-state index in [1.807, 2.05) is 28.9 Å². The highest BCUT2D eigenvalue weighted by molar-refractivity contribution is 7.98. The summed E-state index contributed by atoms with van der Waals surface area (Å²) in [5.74, 6) is 1.02. The normalized spacial score (nSPS) is 14.9. The summed E-state index contributed by atoms with van der Waals surface area (Å²) in [5, 5.41) is 20.5. The second-order valence-electron chi connectivity index (χ2n) is 12.4. The van der Waals surface area contributed by atoms with E-state index < -0.39 is 6.17 Å². The molecule has 0 bridgehead atoms. The first-order valence-electron chi connectivity index (χ1n) is 13.3. The molecule has 6 nitrogen and oxygen atoms in total. The molecule has 3 N–H and O–H groups in total. The van der Waals surface area contributed by atoms with E-state index in [1.165, 1.54) is 22.9 Å². The number of nitrogens with one attached hydrogen (secondary N) is 2. The summed E-state index contributed by atoms with van der Waals surface area (Å²) in [6.45, 7) is 14.7. The average Bonchev–Trinajstić information content (AvgIpc) is 2.86. The first-order chi connectivity index (χ1) is 18.3. The zero-order chi connectivity index (χ0) is 28.1. The maximum absolute atomic E-state index is 13.6. The number of H-pyrrole nitrogens is 1. The van der Waals surface area contributed by atoms with Crippen LogP contribution in [0.1, 0.15) is 75.5 Å². The predicted molar refractivity (Wildman–Crippen MR) is 158 cm³/mol. The number of aromatic nitrogens is 3. The number of aromatic amines is 1. The largest absolute Gasteiger partial charge is 0.507 e. The van der Waals surface area contributed by atoms with Gasteiger partial charge in [-0.25, -0.2) is 0 Å². The molecule has 0 spiro atoms. The number of para-hydroxylation sites is 1. The molecular formula is C32H37N4O2S+. The molecule has 7 heteroatoms. The zero-order valence-electron chi connectivity index (χ0n) is 23.7. The highest BCUT2D eigenvalue weighted by atomic mass is 32.2. The summed E-state index contributed by atoms with van der Waals surface area (Å²) in [7, 11) is 0. The Morgan fingerprint density at radius 2 is 1.56 bits per heavy atom. The van der Waals surface area contributed by atoms with Gasteiger partial charge < -0.3 is 10.4 Å². The fourth-order valence-corrected chi connectivity index (χ4v) is 5.78. The number of benzene rings is 3. The molecule has 0 radical (unpaired) electrons. The van der Waals surface area contributed by atoms with Crippen molar-refractivity contribution < 1.29 is 9.79 Å². The molecule has 0 unspecified atom stereocenters. The van der Waals surface area contributed by atoms with Crippen LogP contribution in [0.2, 0.25) is 0 Å². The maximum Gasteiger partial charge on any atom is 0.325 e. The van der Waals surface area contributed by atoms with Crippen LogP contribution in [0.3, 0.4) is 0 Å². The van der Waals surface area contributed by atoms with Crippen molar-refractivity contribution in [2.24, 2.45) is 0 Å². The van der Waals surface area contributed by atoms with Gasteiger partial charge in [-0.3, -0.25) is 9.78 Å². The molecule has 1 aliphatic rings. The van der Waals surface area contributed by atoms with Gasteiger partial charge in [-0.1, -0.05) is 95.3 Å². The Morgan fingerprint density at radius 3 is 2.18 bits per heavy atom. The highest BCUT2D eigenvalue weighted by Gasteiger charge is 2.39. The molecule has 39 heavy (non-hydrogen) atoms. The van der Waals surface area contributed by atoms with Gasteiger partial charge in [0.15, 0.2) is 0 Å². The van der Waals surface area contributed by atoms with Gasteiger partial charge in [0.25, 0.3) is 6.17 Å². The number of aromatic hydroxyl groups is 1. The minimum atomic E-state index is -0.432. The van der Waals surface area contributed by atoms with E-state index in [-0.39, 0.29) is 16.4 Å². The van der Waals surface area contributed by atoms with Crippen molar-refractivity contribution in [1.82, 2.24) is 10.1 Å². The predicted octanol–water partition coefficient (Wildman–Crippen LogP) is 6.60. The van der Waals surface area contributed by atoms with E-state index in [4.69, 9.17) is 5.10 Å². The Balaban J connectivity index is 1.67. The third-order valence-corrected chi connectivity index (χ3v) is 8.08. The minimum Gasteiger partial charge on any atom is -0.507 e. The summed E-state index contributed by atoms with van der Waals surface area (Å²) >= 11 is 1.51. The molecule has 1 aliphatic heterocycles. The van der Waals surface area contributed by atoms with Gasteiger partial charge in [-0.15, -0.1) is 0 Å². The lowest BCUT2D eigenvalue weighted by atomic mass is 9.78. The Morgan fingerprint density at radius 1 is 0.949 bits per heavy atom. The van der Waals surface area contributed by atoms with E-state index >= 15 is 0 Å². The molecule has 0 fully saturated rings. The van der Waals surface area contributed by atoms with Crippen LogP contribution in [0.15, 0.2) is 70.6 Å². The van der Waals surface area contributed by atoms with Crippen molar-refractivity contribution in [3.63, 3.8) is 0 Å². The quantitative estimate of drug-likeness (QED) is 0.200. The van der Waals surface area contributed by atoms with Crippen LogP contribution in [0, 0.1) is 6.92 Å². The molecule has 1 atom stereocenters. The highest BCUT2D eigenvalue weighted by Crippen LogP contribution is 2.42. The number of thioether (sulfide) groups is 1.